The lowest BCUT2D eigenvalue weighted by molar-refractivity contribution is -0.147. The number of amides is 1. The number of rotatable bonds is 10. The van der Waals surface area contributed by atoms with Crippen LogP contribution in [0.15, 0.2) is 97.1 Å². The van der Waals surface area contributed by atoms with E-state index in [0.29, 0.717) is 67.0 Å². The first-order chi connectivity index (χ1) is 30.2. The molecule has 4 fully saturated rings. The zero-order chi connectivity index (χ0) is 46.3. The van der Waals surface area contributed by atoms with Gasteiger partial charge in [-0.15, -0.1) is 0 Å². The number of halogens is 10. The van der Waals surface area contributed by atoms with Crippen molar-refractivity contribution in [2.45, 2.75) is 95.6 Å². The maximum atomic E-state index is 13.3. The summed E-state index contributed by atoms with van der Waals surface area (Å²) in [6.45, 7) is 3.69. The van der Waals surface area contributed by atoms with E-state index in [4.69, 9.17) is 21.1 Å². The number of carbonyl (C=O) groups excluding carboxylic acids is 1. The van der Waals surface area contributed by atoms with Gasteiger partial charge in [-0.2, -0.15) is 39.5 Å². The smallest absolute Gasteiger partial charge is 0.416 e. The summed E-state index contributed by atoms with van der Waals surface area (Å²) in [4.78, 5) is 26.2. The predicted octanol–water partition coefficient (Wildman–Crippen LogP) is 12.9. The van der Waals surface area contributed by atoms with Crippen LogP contribution in [0.1, 0.15) is 94.0 Å². The standard InChI is InChI=1S/C24H23F6NO2.C12H14F3NO.C11H11ClO2.2CH4/c25-23(26,27)18-4-2-17(3-5-18)22(11-1-12-22)21(32)31-13-10-16(14-31)15-33-20-8-6-19(7-9-20)24(28,29)30;13-12(14,15)10-1-3-11(4-2-10)17-8-9-5-6-16-7-9;12-9-4-2-8(3-5-9)11(10(13)14)6-1-7-11;;/h2-9,16H,1,10-15H2;1-4,9,16H,5-8H2;2-5H,1,6-7H2,(H,13,14);2*1H4/t16-;9-;;;/m00.../s1. The Morgan fingerprint density at radius 3 is 1.41 bits per heavy atom. The van der Waals surface area contributed by atoms with Gasteiger partial charge in [-0.3, -0.25) is 9.59 Å². The average molecular weight is 959 g/mol. The maximum absolute atomic E-state index is 13.3. The van der Waals surface area contributed by atoms with Crippen LogP contribution in [0.2, 0.25) is 5.02 Å². The molecule has 0 spiro atoms. The van der Waals surface area contributed by atoms with Gasteiger partial charge in [-0.1, -0.05) is 63.6 Å². The van der Waals surface area contributed by atoms with Crippen LogP contribution in [0.5, 0.6) is 11.5 Å². The van der Waals surface area contributed by atoms with Gasteiger partial charge >= 0.3 is 24.5 Å². The fourth-order valence-corrected chi connectivity index (χ4v) is 8.41. The molecule has 66 heavy (non-hydrogen) atoms. The Hall–Kier alpha value is -4.96. The number of ether oxygens (including phenoxy) is 2. The maximum Gasteiger partial charge on any atom is 0.416 e. The molecule has 2 heterocycles. The van der Waals surface area contributed by atoms with E-state index in [1.807, 2.05) is 12.1 Å². The number of nitrogens with zero attached hydrogens (tertiary/aromatic N) is 1. The molecular weight excluding hydrogens is 903 g/mol. The molecule has 2 saturated carbocycles. The van der Waals surface area contributed by atoms with Gasteiger partial charge in [-0.25, -0.2) is 0 Å². The predicted molar refractivity (Wildman–Crippen MR) is 235 cm³/mol. The largest absolute Gasteiger partial charge is 0.493 e. The monoisotopic (exact) mass is 958 g/mol. The number of aliphatic carboxylic acids is 1. The summed E-state index contributed by atoms with van der Waals surface area (Å²) >= 11 is 5.76. The van der Waals surface area contributed by atoms with Crippen LogP contribution in [0.4, 0.5) is 39.5 Å². The number of hydrogen-bond donors (Lipinski definition) is 2. The molecule has 4 aliphatic rings. The highest BCUT2D eigenvalue weighted by atomic mass is 35.5. The molecule has 362 valence electrons. The fourth-order valence-electron chi connectivity index (χ4n) is 8.28. The summed E-state index contributed by atoms with van der Waals surface area (Å²) in [5.74, 6) is 0.507. The Labute approximate surface area is 384 Å². The summed E-state index contributed by atoms with van der Waals surface area (Å²) in [6, 6.07) is 21.3. The second-order valence-corrected chi connectivity index (χ2v) is 17.1. The lowest BCUT2D eigenvalue weighted by Gasteiger charge is -2.43. The van der Waals surface area contributed by atoms with Gasteiger partial charge in [0, 0.05) is 36.5 Å². The van der Waals surface area contributed by atoms with Gasteiger partial charge in [0.2, 0.25) is 5.91 Å². The number of carbonyl (C=O) groups is 2. The van der Waals surface area contributed by atoms with Crippen molar-refractivity contribution in [1.82, 2.24) is 10.2 Å². The molecule has 17 heteroatoms. The van der Waals surface area contributed by atoms with Gasteiger partial charge in [0.15, 0.2) is 0 Å². The number of benzene rings is 4. The van der Waals surface area contributed by atoms with E-state index in [0.717, 1.165) is 87.2 Å². The number of hydrogen-bond acceptors (Lipinski definition) is 5. The van der Waals surface area contributed by atoms with Crippen LogP contribution < -0.4 is 14.8 Å². The molecule has 2 saturated heterocycles. The van der Waals surface area contributed by atoms with E-state index in [1.165, 1.54) is 36.4 Å². The minimum atomic E-state index is -4.43. The molecular formula is C49H56ClF9N2O5. The molecule has 4 aromatic carbocycles. The Bertz CT molecular complexity index is 2150. The number of carboxylic acids is 1. The first-order valence-corrected chi connectivity index (χ1v) is 21.3. The SMILES string of the molecule is C.C.FC(F)(F)c1ccc(OC[C@H]2CCNC2)cc1.O=C(N1CC[C@H](COc2ccc(C(F)(F)F)cc2)C1)C1(c2ccc(C(F)(F)F)cc2)CCC1.O=C(O)C1(c2ccc(Cl)cc2)CCC1. The summed E-state index contributed by atoms with van der Waals surface area (Å²) in [5.41, 5.74) is -2.07. The Balaban J connectivity index is 0.000000241. The molecule has 8 rings (SSSR count). The van der Waals surface area contributed by atoms with Gasteiger partial charge < -0.3 is 24.8 Å². The minimum Gasteiger partial charge on any atom is -0.493 e. The average Bonchev–Trinajstić information content (AvgIpc) is 3.92. The number of likely N-dealkylation sites (tertiary alicyclic amines) is 1. The molecule has 2 aliphatic heterocycles. The summed E-state index contributed by atoms with van der Waals surface area (Å²) < 4.78 is 125. The lowest BCUT2D eigenvalue weighted by Crippen LogP contribution is -2.50. The highest BCUT2D eigenvalue weighted by Crippen LogP contribution is 2.47. The Morgan fingerprint density at radius 2 is 1.03 bits per heavy atom. The molecule has 0 bridgehead atoms. The Kier molecular flexibility index (Phi) is 18.1. The van der Waals surface area contributed by atoms with Crippen molar-refractivity contribution in [3.05, 3.63) is 130 Å². The van der Waals surface area contributed by atoms with Crippen molar-refractivity contribution in [1.29, 1.82) is 0 Å². The normalized spacial score (nSPS) is 19.5. The van der Waals surface area contributed by atoms with Crippen molar-refractivity contribution in [2.24, 2.45) is 11.8 Å². The van der Waals surface area contributed by atoms with Crippen molar-refractivity contribution >= 4 is 23.5 Å². The number of alkyl halides is 9. The quantitative estimate of drug-likeness (QED) is 0.154. The summed E-state index contributed by atoms with van der Waals surface area (Å²) in [6.07, 6.45) is -6.87. The highest BCUT2D eigenvalue weighted by Gasteiger charge is 2.49. The van der Waals surface area contributed by atoms with Crippen molar-refractivity contribution in [2.75, 3.05) is 39.4 Å². The summed E-state index contributed by atoms with van der Waals surface area (Å²) in [5, 5.41) is 13.0. The van der Waals surface area contributed by atoms with E-state index in [1.54, 1.807) is 17.0 Å². The second kappa shape index (κ2) is 22.2. The van der Waals surface area contributed by atoms with Crippen molar-refractivity contribution < 1.29 is 63.7 Å². The minimum absolute atomic E-state index is 0. The molecule has 2 aliphatic carbocycles. The van der Waals surface area contributed by atoms with Gasteiger partial charge in [-0.05, 0) is 129 Å². The molecule has 0 aromatic heterocycles. The van der Waals surface area contributed by atoms with Gasteiger partial charge in [0.25, 0.3) is 0 Å². The molecule has 1 amide bonds. The number of nitrogens with one attached hydrogen (secondary N) is 1. The lowest BCUT2D eigenvalue weighted by atomic mass is 9.63. The topological polar surface area (TPSA) is 88.1 Å². The van der Waals surface area contributed by atoms with Crippen LogP contribution in [-0.2, 0) is 38.9 Å². The van der Waals surface area contributed by atoms with Crippen LogP contribution in [0.3, 0.4) is 0 Å². The number of carboxylic acid groups (broad SMARTS) is 1. The molecule has 0 radical (unpaired) electrons. The third kappa shape index (κ3) is 13.1. The highest BCUT2D eigenvalue weighted by molar-refractivity contribution is 6.30. The van der Waals surface area contributed by atoms with Crippen molar-refractivity contribution in [3.8, 4) is 11.5 Å². The van der Waals surface area contributed by atoms with E-state index >= 15 is 0 Å². The van der Waals surface area contributed by atoms with E-state index in [2.05, 4.69) is 5.32 Å². The molecule has 2 atom stereocenters. The van der Waals surface area contributed by atoms with E-state index < -0.39 is 52.0 Å². The zero-order valence-corrected chi connectivity index (χ0v) is 35.4. The molecule has 7 nitrogen and oxygen atoms in total. The molecule has 4 aromatic rings. The summed E-state index contributed by atoms with van der Waals surface area (Å²) in [7, 11) is 0. The first-order valence-electron chi connectivity index (χ1n) is 21.0. The first kappa shape index (κ1) is 53.7. The van der Waals surface area contributed by atoms with E-state index in [-0.39, 0.29) is 33.3 Å². The second-order valence-electron chi connectivity index (χ2n) is 16.7. The van der Waals surface area contributed by atoms with Gasteiger partial charge in [0.1, 0.15) is 11.5 Å². The third-order valence-electron chi connectivity index (χ3n) is 12.5. The van der Waals surface area contributed by atoms with Crippen LogP contribution in [0.25, 0.3) is 0 Å². The molecule has 2 N–H and O–H groups in total. The van der Waals surface area contributed by atoms with Crippen LogP contribution >= 0.6 is 11.6 Å². The van der Waals surface area contributed by atoms with Crippen molar-refractivity contribution in [3.63, 3.8) is 0 Å². The third-order valence-corrected chi connectivity index (χ3v) is 12.7. The van der Waals surface area contributed by atoms with Crippen LogP contribution in [0, 0.1) is 11.8 Å². The van der Waals surface area contributed by atoms with E-state index in [9.17, 15) is 54.2 Å². The zero-order valence-electron chi connectivity index (χ0n) is 34.6. The molecule has 0 unspecified atom stereocenters. The fraction of sp³-hybridized carbons (Fsp3) is 0.469. The Morgan fingerprint density at radius 1 is 0.621 bits per heavy atom. The van der Waals surface area contributed by atoms with Crippen LogP contribution in [-0.4, -0.2) is 61.3 Å². The van der Waals surface area contributed by atoms with Gasteiger partial charge in [0.05, 0.1) is 40.7 Å².